The van der Waals surface area contributed by atoms with Crippen LogP contribution in [0, 0.1) is 0 Å². The zero-order valence-corrected chi connectivity index (χ0v) is 12.9. The number of nitrogens with one attached hydrogen (secondary N) is 1. The third-order valence-electron chi connectivity index (χ3n) is 3.97. The molecule has 1 N–H and O–H groups in total. The summed E-state index contributed by atoms with van der Waals surface area (Å²) in [5.41, 5.74) is 3.00. The molecule has 3 rings (SSSR count). The molecule has 0 radical (unpaired) electrons. The molecule has 6 heteroatoms. The van der Waals surface area contributed by atoms with Crippen LogP contribution in [0.15, 0.2) is 24.5 Å². The number of aryl methyl sites for hydroxylation is 1. The van der Waals surface area contributed by atoms with Crippen LogP contribution < -0.4 is 5.32 Å². The van der Waals surface area contributed by atoms with Crippen LogP contribution in [0.25, 0.3) is 0 Å². The van der Waals surface area contributed by atoms with E-state index in [0.29, 0.717) is 12.2 Å². The second-order valence-corrected chi connectivity index (χ2v) is 5.41. The van der Waals surface area contributed by atoms with E-state index in [4.69, 9.17) is 4.74 Å². The summed E-state index contributed by atoms with van der Waals surface area (Å²) in [5.74, 6) is 0.420. The zero-order chi connectivity index (χ0) is 15.5. The van der Waals surface area contributed by atoms with Crippen molar-refractivity contribution in [1.82, 2.24) is 14.8 Å². The van der Waals surface area contributed by atoms with Gasteiger partial charge in [0, 0.05) is 24.5 Å². The van der Waals surface area contributed by atoms with Crippen molar-refractivity contribution in [2.24, 2.45) is 7.05 Å². The van der Waals surface area contributed by atoms with Crippen LogP contribution in [0.1, 0.15) is 47.4 Å². The molecule has 0 aromatic carbocycles. The van der Waals surface area contributed by atoms with Crippen molar-refractivity contribution >= 4 is 11.8 Å². The van der Waals surface area contributed by atoms with Gasteiger partial charge in [-0.25, -0.2) is 9.78 Å². The fourth-order valence-electron chi connectivity index (χ4n) is 2.85. The van der Waals surface area contributed by atoms with Crippen LogP contribution in [0.5, 0.6) is 0 Å². The average molecular weight is 300 g/mol. The van der Waals surface area contributed by atoms with Crippen molar-refractivity contribution in [2.45, 2.75) is 32.2 Å². The van der Waals surface area contributed by atoms with Crippen molar-refractivity contribution in [3.63, 3.8) is 0 Å². The number of carbonyl (C=O) groups is 1. The lowest BCUT2D eigenvalue weighted by Gasteiger charge is -2.24. The Balaban J connectivity index is 1.73. The number of esters is 1. The fourth-order valence-corrected chi connectivity index (χ4v) is 2.85. The summed E-state index contributed by atoms with van der Waals surface area (Å²) in [4.78, 5) is 15.9. The molecule has 0 aliphatic heterocycles. The van der Waals surface area contributed by atoms with E-state index in [9.17, 15) is 4.79 Å². The Kier molecular flexibility index (Phi) is 4.09. The number of aromatic nitrogens is 3. The number of pyridine rings is 1. The molecule has 22 heavy (non-hydrogen) atoms. The summed E-state index contributed by atoms with van der Waals surface area (Å²) in [6.45, 7) is 2.15. The van der Waals surface area contributed by atoms with Gasteiger partial charge in [-0.1, -0.05) is 0 Å². The molecule has 1 aliphatic rings. The van der Waals surface area contributed by atoms with Gasteiger partial charge < -0.3 is 10.1 Å². The third-order valence-corrected chi connectivity index (χ3v) is 3.97. The van der Waals surface area contributed by atoms with Gasteiger partial charge in [-0.2, -0.15) is 5.10 Å². The Morgan fingerprint density at radius 3 is 3.05 bits per heavy atom. The van der Waals surface area contributed by atoms with E-state index in [-0.39, 0.29) is 12.0 Å². The normalized spacial score (nSPS) is 16.9. The highest BCUT2D eigenvalue weighted by Gasteiger charge is 2.23. The monoisotopic (exact) mass is 300 g/mol. The summed E-state index contributed by atoms with van der Waals surface area (Å²) >= 11 is 0. The first-order valence-electron chi connectivity index (χ1n) is 7.59. The SMILES string of the molecule is CCOC(=O)c1ccc(NC2CCCc3c2cnn3C)nc1. The maximum absolute atomic E-state index is 11.6. The lowest BCUT2D eigenvalue weighted by Crippen LogP contribution is -2.18. The molecule has 2 aromatic heterocycles. The highest BCUT2D eigenvalue weighted by molar-refractivity contribution is 5.89. The molecule has 6 nitrogen and oxygen atoms in total. The van der Waals surface area contributed by atoms with Gasteiger partial charge >= 0.3 is 5.97 Å². The van der Waals surface area contributed by atoms with Crippen molar-refractivity contribution in [3.8, 4) is 0 Å². The quantitative estimate of drug-likeness (QED) is 0.879. The molecular formula is C16H20N4O2. The Bertz CT molecular complexity index is 663. The minimum Gasteiger partial charge on any atom is -0.462 e. The van der Waals surface area contributed by atoms with Crippen molar-refractivity contribution in [2.75, 3.05) is 11.9 Å². The number of fused-ring (bicyclic) bond motifs is 1. The number of rotatable bonds is 4. The van der Waals surface area contributed by atoms with Crippen LogP contribution in [-0.2, 0) is 18.2 Å². The van der Waals surface area contributed by atoms with Gasteiger partial charge in [0.25, 0.3) is 0 Å². The van der Waals surface area contributed by atoms with Gasteiger partial charge in [0.05, 0.1) is 24.4 Å². The first kappa shape index (κ1) is 14.6. The van der Waals surface area contributed by atoms with Crippen LogP contribution >= 0.6 is 0 Å². The Morgan fingerprint density at radius 2 is 2.32 bits per heavy atom. The minimum atomic E-state index is -0.339. The number of ether oxygens (including phenoxy) is 1. The van der Waals surface area contributed by atoms with Crippen LogP contribution in [0.2, 0.25) is 0 Å². The van der Waals surface area contributed by atoms with Crippen molar-refractivity contribution in [1.29, 1.82) is 0 Å². The highest BCUT2D eigenvalue weighted by atomic mass is 16.5. The average Bonchev–Trinajstić information content (AvgIpc) is 2.91. The van der Waals surface area contributed by atoms with E-state index in [0.717, 1.165) is 25.1 Å². The Morgan fingerprint density at radius 1 is 1.45 bits per heavy atom. The number of carbonyl (C=O) groups excluding carboxylic acids is 1. The Hall–Kier alpha value is -2.37. The Labute approximate surface area is 129 Å². The second-order valence-electron chi connectivity index (χ2n) is 5.41. The second kappa shape index (κ2) is 6.17. The van der Waals surface area contributed by atoms with Crippen LogP contribution in [0.4, 0.5) is 5.82 Å². The van der Waals surface area contributed by atoms with E-state index in [1.807, 2.05) is 24.0 Å². The number of nitrogens with zero attached hydrogens (tertiary/aromatic N) is 3. The smallest absolute Gasteiger partial charge is 0.339 e. The molecule has 0 saturated carbocycles. The summed E-state index contributed by atoms with van der Waals surface area (Å²) < 4.78 is 6.90. The summed E-state index contributed by atoms with van der Waals surface area (Å²) in [5, 5.41) is 7.77. The van der Waals surface area contributed by atoms with Crippen molar-refractivity contribution < 1.29 is 9.53 Å². The highest BCUT2D eigenvalue weighted by Crippen LogP contribution is 2.31. The summed E-state index contributed by atoms with van der Waals surface area (Å²) in [7, 11) is 1.98. The van der Waals surface area contributed by atoms with Gasteiger partial charge in [-0.3, -0.25) is 4.68 Å². The van der Waals surface area contributed by atoms with Gasteiger partial charge in [-0.05, 0) is 38.3 Å². The lowest BCUT2D eigenvalue weighted by molar-refractivity contribution is 0.0526. The first-order chi connectivity index (χ1) is 10.7. The molecule has 0 spiro atoms. The van der Waals surface area contributed by atoms with E-state index >= 15 is 0 Å². The first-order valence-corrected chi connectivity index (χ1v) is 7.59. The molecule has 1 unspecified atom stereocenters. The molecule has 116 valence electrons. The molecule has 1 aliphatic carbocycles. The number of hydrogen-bond acceptors (Lipinski definition) is 5. The van der Waals surface area contributed by atoms with Crippen LogP contribution in [-0.4, -0.2) is 27.3 Å². The summed E-state index contributed by atoms with van der Waals surface area (Å²) in [6, 6.07) is 3.77. The molecule has 0 amide bonds. The molecule has 0 saturated heterocycles. The van der Waals surface area contributed by atoms with Gasteiger partial charge in [-0.15, -0.1) is 0 Å². The van der Waals surface area contributed by atoms with E-state index < -0.39 is 0 Å². The van der Waals surface area contributed by atoms with E-state index in [1.165, 1.54) is 11.3 Å². The molecule has 1 atom stereocenters. The third kappa shape index (κ3) is 2.81. The predicted octanol–water partition coefficient (Wildman–Crippen LogP) is 2.48. The molecule has 0 bridgehead atoms. The van der Waals surface area contributed by atoms with E-state index in [2.05, 4.69) is 15.4 Å². The standard InChI is InChI=1S/C16H20N4O2/c1-3-22-16(21)11-7-8-15(17-9-11)19-13-5-4-6-14-12(13)10-18-20(14)2/h7-10,13H,3-6H2,1-2H3,(H,17,19). The topological polar surface area (TPSA) is 69.0 Å². The largest absolute Gasteiger partial charge is 0.462 e. The van der Waals surface area contributed by atoms with Gasteiger partial charge in [0.2, 0.25) is 0 Å². The van der Waals surface area contributed by atoms with Gasteiger partial charge in [0.1, 0.15) is 5.82 Å². The maximum Gasteiger partial charge on any atom is 0.339 e. The molecule has 2 aromatic rings. The van der Waals surface area contributed by atoms with Crippen molar-refractivity contribution in [3.05, 3.63) is 41.3 Å². The molecule has 0 fully saturated rings. The lowest BCUT2D eigenvalue weighted by atomic mass is 9.93. The van der Waals surface area contributed by atoms with E-state index in [1.54, 1.807) is 19.2 Å². The zero-order valence-electron chi connectivity index (χ0n) is 12.9. The summed E-state index contributed by atoms with van der Waals surface area (Å²) in [6.07, 6.45) is 6.73. The number of hydrogen-bond donors (Lipinski definition) is 1. The molecule has 2 heterocycles. The predicted molar refractivity (Wildman–Crippen MR) is 82.7 cm³/mol. The molecular weight excluding hydrogens is 280 g/mol. The fraction of sp³-hybridized carbons (Fsp3) is 0.438. The minimum absolute atomic E-state index is 0.221. The number of anilines is 1. The maximum atomic E-state index is 11.6. The van der Waals surface area contributed by atoms with Crippen LogP contribution in [0.3, 0.4) is 0 Å². The van der Waals surface area contributed by atoms with Gasteiger partial charge in [0.15, 0.2) is 0 Å².